The second-order valence-corrected chi connectivity index (χ2v) is 9.52. The fourth-order valence-electron chi connectivity index (χ4n) is 5.43. The van der Waals surface area contributed by atoms with Gasteiger partial charge in [0.25, 0.3) is 0 Å². The number of carbonyl (C=O) groups excluding carboxylic acids is 1. The van der Waals surface area contributed by atoms with Crippen LogP contribution in [-0.4, -0.2) is 85.8 Å². The van der Waals surface area contributed by atoms with E-state index in [2.05, 4.69) is 30.0 Å². The van der Waals surface area contributed by atoms with Gasteiger partial charge in [-0.15, -0.1) is 0 Å². The molecule has 1 aromatic carbocycles. The van der Waals surface area contributed by atoms with Crippen LogP contribution in [0, 0.1) is 5.92 Å². The number of anilines is 2. The number of alkyl halides is 3. The maximum atomic E-state index is 13.4. The Balaban J connectivity index is 1.32. The van der Waals surface area contributed by atoms with Crippen LogP contribution in [0.25, 0.3) is 0 Å². The molecular weight excluding hydrogens is 473 g/mol. The molecule has 2 aromatic rings. The lowest BCUT2D eigenvalue weighted by molar-refractivity contribution is -0.137. The molecule has 0 aliphatic carbocycles. The predicted octanol–water partition coefficient (Wildman–Crippen LogP) is 2.20. The number of morpholine rings is 1. The van der Waals surface area contributed by atoms with Crippen LogP contribution >= 0.6 is 0 Å². The largest absolute Gasteiger partial charge is 0.416 e. The smallest absolute Gasteiger partial charge is 0.379 e. The summed E-state index contributed by atoms with van der Waals surface area (Å²) in [7, 11) is 0. The second kappa shape index (κ2) is 10.6. The number of halogens is 3. The van der Waals surface area contributed by atoms with Crippen molar-refractivity contribution in [2.45, 2.75) is 25.1 Å². The van der Waals surface area contributed by atoms with E-state index in [-0.39, 0.29) is 18.4 Å². The summed E-state index contributed by atoms with van der Waals surface area (Å²) in [5.74, 6) is 0.153. The zero-order chi connectivity index (χ0) is 25.1. The summed E-state index contributed by atoms with van der Waals surface area (Å²) in [5.41, 5.74) is 0.674. The van der Waals surface area contributed by atoms with E-state index in [4.69, 9.17) is 4.74 Å². The van der Waals surface area contributed by atoms with E-state index >= 15 is 0 Å². The zero-order valence-corrected chi connectivity index (χ0v) is 20.1. The van der Waals surface area contributed by atoms with Gasteiger partial charge < -0.3 is 19.9 Å². The number of ether oxygens (including phenoxy) is 1. The summed E-state index contributed by atoms with van der Waals surface area (Å²) in [6.07, 6.45) is 1.60. The van der Waals surface area contributed by atoms with Gasteiger partial charge in [-0.25, -0.2) is 4.98 Å². The number of hydrogen-bond donors (Lipinski definition) is 1. The Labute approximate surface area is 208 Å². The number of piperazine rings is 1. The van der Waals surface area contributed by atoms with Gasteiger partial charge in [0.05, 0.1) is 36.9 Å². The first-order valence-corrected chi connectivity index (χ1v) is 12.5. The van der Waals surface area contributed by atoms with E-state index in [0.29, 0.717) is 31.7 Å². The number of nitrogens with one attached hydrogen (secondary N) is 1. The molecule has 36 heavy (non-hydrogen) atoms. The van der Waals surface area contributed by atoms with Crippen molar-refractivity contribution in [3.05, 3.63) is 47.9 Å². The third-order valence-electron chi connectivity index (χ3n) is 7.30. The number of carbonyl (C=O) groups is 1. The Hall–Kier alpha value is -2.92. The van der Waals surface area contributed by atoms with Crippen LogP contribution in [0.4, 0.5) is 24.7 Å². The highest BCUT2D eigenvalue weighted by Crippen LogP contribution is 2.40. The van der Waals surface area contributed by atoms with Gasteiger partial charge in [0, 0.05) is 57.3 Å². The third-order valence-corrected chi connectivity index (χ3v) is 7.30. The number of nitrogens with zero attached hydrogens (tertiary/aromatic N) is 5. The van der Waals surface area contributed by atoms with Crippen molar-refractivity contribution >= 4 is 17.4 Å². The van der Waals surface area contributed by atoms with Crippen LogP contribution in [0.2, 0.25) is 0 Å². The molecule has 0 bridgehead atoms. The quantitative estimate of drug-likeness (QED) is 0.605. The molecule has 1 N–H and O–H groups in total. The average Bonchev–Trinajstić information content (AvgIpc) is 2.90. The molecular formula is C25H31F3N6O2. The van der Waals surface area contributed by atoms with E-state index in [1.807, 2.05) is 0 Å². The molecule has 0 radical (unpaired) electrons. The van der Waals surface area contributed by atoms with Crippen molar-refractivity contribution in [1.29, 1.82) is 0 Å². The number of fused-ring (bicyclic) bond motifs is 3. The fourth-order valence-corrected chi connectivity index (χ4v) is 5.43. The molecule has 3 aliphatic rings. The maximum absolute atomic E-state index is 13.4. The first-order chi connectivity index (χ1) is 17.4. The van der Waals surface area contributed by atoms with Crippen LogP contribution in [0.15, 0.2) is 36.8 Å². The van der Waals surface area contributed by atoms with Gasteiger partial charge >= 0.3 is 6.18 Å². The average molecular weight is 505 g/mol. The molecule has 8 nitrogen and oxygen atoms in total. The normalized spacial score (nSPS) is 22.6. The predicted molar refractivity (Wildman–Crippen MR) is 129 cm³/mol. The third kappa shape index (κ3) is 5.41. The Morgan fingerprint density at radius 2 is 1.97 bits per heavy atom. The minimum absolute atomic E-state index is 0.115. The van der Waals surface area contributed by atoms with Crippen molar-refractivity contribution in [2.75, 3.05) is 68.8 Å². The first-order valence-electron chi connectivity index (χ1n) is 12.5. The summed E-state index contributed by atoms with van der Waals surface area (Å²) >= 11 is 0. The summed E-state index contributed by atoms with van der Waals surface area (Å²) in [5, 5.41) is 3.06. The fraction of sp³-hybridized carbons (Fsp3) is 0.560. The minimum atomic E-state index is -4.42. The number of amides is 1. The molecule has 3 aliphatic heterocycles. The molecule has 11 heteroatoms. The lowest BCUT2D eigenvalue weighted by Gasteiger charge is -2.49. The number of hydrogen-bond acceptors (Lipinski definition) is 7. The topological polar surface area (TPSA) is 73.8 Å². The van der Waals surface area contributed by atoms with Crippen molar-refractivity contribution in [1.82, 2.24) is 20.2 Å². The van der Waals surface area contributed by atoms with Crippen LogP contribution in [0.5, 0.6) is 0 Å². The van der Waals surface area contributed by atoms with Gasteiger partial charge in [-0.05, 0) is 43.1 Å². The van der Waals surface area contributed by atoms with Crippen molar-refractivity contribution in [3.8, 4) is 0 Å². The van der Waals surface area contributed by atoms with Gasteiger partial charge in [0.2, 0.25) is 5.91 Å². The molecule has 0 spiro atoms. The number of rotatable bonds is 6. The lowest BCUT2D eigenvalue weighted by atomic mass is 9.82. The molecule has 4 heterocycles. The Kier molecular flexibility index (Phi) is 7.29. The molecule has 0 saturated carbocycles. The van der Waals surface area contributed by atoms with E-state index in [9.17, 15) is 18.0 Å². The summed E-state index contributed by atoms with van der Waals surface area (Å²) in [4.78, 5) is 28.5. The van der Waals surface area contributed by atoms with Crippen LogP contribution < -0.4 is 15.1 Å². The monoisotopic (exact) mass is 504 g/mol. The van der Waals surface area contributed by atoms with Gasteiger partial charge in [0.15, 0.2) is 0 Å². The van der Waals surface area contributed by atoms with Gasteiger partial charge in [-0.3, -0.25) is 14.7 Å². The van der Waals surface area contributed by atoms with E-state index in [1.54, 1.807) is 24.7 Å². The molecule has 2 atom stereocenters. The van der Waals surface area contributed by atoms with Crippen LogP contribution in [0.3, 0.4) is 0 Å². The second-order valence-electron chi connectivity index (χ2n) is 9.52. The highest BCUT2D eigenvalue weighted by atomic mass is 19.4. The molecule has 5 rings (SSSR count). The Morgan fingerprint density at radius 1 is 1.14 bits per heavy atom. The van der Waals surface area contributed by atoms with Gasteiger partial charge in [-0.2, -0.15) is 13.2 Å². The van der Waals surface area contributed by atoms with Crippen molar-refractivity contribution in [2.24, 2.45) is 5.92 Å². The highest BCUT2D eigenvalue weighted by Gasteiger charge is 2.43. The lowest BCUT2D eigenvalue weighted by Crippen LogP contribution is -2.61. The Bertz CT molecular complexity index is 1050. The first kappa shape index (κ1) is 24.8. The summed E-state index contributed by atoms with van der Waals surface area (Å²) < 4.78 is 45.6. The maximum Gasteiger partial charge on any atom is 0.416 e. The van der Waals surface area contributed by atoms with Gasteiger partial charge in [0.1, 0.15) is 5.82 Å². The highest BCUT2D eigenvalue weighted by molar-refractivity contribution is 5.82. The number of benzene rings is 1. The molecule has 2 fully saturated rings. The van der Waals surface area contributed by atoms with E-state index in [1.165, 1.54) is 6.07 Å². The Morgan fingerprint density at radius 3 is 2.72 bits per heavy atom. The molecule has 2 saturated heterocycles. The SMILES string of the molecule is O=C(NCCCN1CCOCC1)C1Cc2cc(C(F)(F)F)ccc2N2CCN(c3cnccn3)CC12. The van der Waals surface area contributed by atoms with Crippen LogP contribution in [0.1, 0.15) is 17.5 Å². The van der Waals surface area contributed by atoms with Crippen molar-refractivity contribution < 1.29 is 22.7 Å². The molecule has 1 aromatic heterocycles. The van der Waals surface area contributed by atoms with Gasteiger partial charge in [-0.1, -0.05) is 0 Å². The van der Waals surface area contributed by atoms with E-state index < -0.39 is 17.7 Å². The van der Waals surface area contributed by atoms with Crippen molar-refractivity contribution in [3.63, 3.8) is 0 Å². The molecule has 194 valence electrons. The zero-order valence-electron chi connectivity index (χ0n) is 20.1. The summed E-state index contributed by atoms with van der Waals surface area (Å²) in [6.45, 7) is 6.43. The summed E-state index contributed by atoms with van der Waals surface area (Å²) in [6, 6.07) is 3.72. The number of aromatic nitrogens is 2. The van der Waals surface area contributed by atoms with E-state index in [0.717, 1.165) is 56.8 Å². The van der Waals surface area contributed by atoms with Crippen LogP contribution in [-0.2, 0) is 22.1 Å². The molecule has 2 unspecified atom stereocenters. The minimum Gasteiger partial charge on any atom is -0.379 e. The standard InChI is InChI=1S/C25H31F3N6O2/c26-25(27,28)19-2-3-21-18(14-19)15-20(24(35)31-4-1-7-32-10-12-36-13-11-32)22-17-33(8-9-34(21)22)23-16-29-5-6-30-23/h2-3,5-6,14,16,20,22H,1,4,7-13,15,17H2,(H,31,35). The molecule has 1 amide bonds.